The lowest BCUT2D eigenvalue weighted by Crippen LogP contribution is -2.11. The zero-order valence-electron chi connectivity index (χ0n) is 11.1. The number of hydrogen-bond acceptors (Lipinski definition) is 2. The average Bonchev–Trinajstić information content (AvgIpc) is 2.38. The van der Waals surface area contributed by atoms with Crippen molar-refractivity contribution in [3.8, 4) is 0 Å². The minimum atomic E-state index is 0.0682. The predicted octanol–water partition coefficient (Wildman–Crippen LogP) is 3.33. The van der Waals surface area contributed by atoms with Crippen molar-refractivity contribution in [3.63, 3.8) is 0 Å². The lowest BCUT2D eigenvalue weighted by atomic mass is 10.00. The van der Waals surface area contributed by atoms with Crippen molar-refractivity contribution < 1.29 is 0 Å². The second-order valence-electron chi connectivity index (χ2n) is 4.93. The maximum absolute atomic E-state index is 6.20. The minimum absolute atomic E-state index is 0.0682. The molecule has 1 aromatic heterocycles. The molecule has 1 atom stereocenters. The van der Waals surface area contributed by atoms with E-state index in [1.165, 1.54) is 16.7 Å². The fraction of sp³-hybridized carbons (Fsp3) is 0.312. The maximum atomic E-state index is 6.20. The standard InChI is InChI=1S/C16H20N2/c1-12-3-5-14(6-4-12)7-8-16(17)15-9-13(2)10-18-11-15/h3-6,9-11,16H,7-8,17H2,1-2H3. The summed E-state index contributed by atoms with van der Waals surface area (Å²) in [6.07, 6.45) is 5.69. The Kier molecular flexibility index (Phi) is 4.11. The summed E-state index contributed by atoms with van der Waals surface area (Å²) in [5, 5.41) is 0. The van der Waals surface area contributed by atoms with Gasteiger partial charge >= 0.3 is 0 Å². The van der Waals surface area contributed by atoms with Gasteiger partial charge in [-0.25, -0.2) is 0 Å². The highest BCUT2D eigenvalue weighted by Crippen LogP contribution is 2.17. The summed E-state index contributed by atoms with van der Waals surface area (Å²) in [6, 6.07) is 10.8. The summed E-state index contributed by atoms with van der Waals surface area (Å²) in [5.41, 5.74) is 11.1. The van der Waals surface area contributed by atoms with E-state index in [2.05, 4.69) is 42.2 Å². The summed E-state index contributed by atoms with van der Waals surface area (Å²) in [4.78, 5) is 4.19. The Morgan fingerprint density at radius 3 is 2.44 bits per heavy atom. The van der Waals surface area contributed by atoms with Crippen LogP contribution in [-0.4, -0.2) is 4.98 Å². The SMILES string of the molecule is Cc1ccc(CCC(N)c2cncc(C)c2)cc1. The second kappa shape index (κ2) is 5.78. The number of hydrogen-bond donors (Lipinski definition) is 1. The Morgan fingerprint density at radius 2 is 1.78 bits per heavy atom. The molecule has 0 aliphatic heterocycles. The van der Waals surface area contributed by atoms with Crippen LogP contribution in [0.3, 0.4) is 0 Å². The summed E-state index contributed by atoms with van der Waals surface area (Å²) < 4.78 is 0. The van der Waals surface area contributed by atoms with Gasteiger partial charge in [0, 0.05) is 18.4 Å². The van der Waals surface area contributed by atoms with Gasteiger partial charge in [0.1, 0.15) is 0 Å². The quantitative estimate of drug-likeness (QED) is 0.890. The third kappa shape index (κ3) is 3.41. The number of pyridine rings is 1. The molecule has 0 bridgehead atoms. The molecule has 1 aromatic carbocycles. The van der Waals surface area contributed by atoms with Gasteiger partial charge < -0.3 is 5.73 Å². The Hall–Kier alpha value is -1.67. The molecule has 0 spiro atoms. The Labute approximate surface area is 109 Å². The highest BCUT2D eigenvalue weighted by molar-refractivity contribution is 5.23. The molecule has 2 heteroatoms. The van der Waals surface area contributed by atoms with Crippen molar-refractivity contribution in [2.75, 3.05) is 0 Å². The van der Waals surface area contributed by atoms with Crippen molar-refractivity contribution >= 4 is 0 Å². The van der Waals surface area contributed by atoms with E-state index in [9.17, 15) is 0 Å². The number of benzene rings is 1. The Balaban J connectivity index is 1.96. The van der Waals surface area contributed by atoms with Crippen LogP contribution in [0.25, 0.3) is 0 Å². The molecule has 2 rings (SSSR count). The molecule has 1 heterocycles. The molecular formula is C16H20N2. The third-order valence-corrected chi connectivity index (χ3v) is 3.19. The molecule has 0 amide bonds. The zero-order valence-corrected chi connectivity index (χ0v) is 11.1. The van der Waals surface area contributed by atoms with Crippen molar-refractivity contribution in [2.24, 2.45) is 5.73 Å². The molecule has 0 aliphatic rings. The van der Waals surface area contributed by atoms with Crippen LogP contribution in [0.1, 0.15) is 34.7 Å². The van der Waals surface area contributed by atoms with Gasteiger partial charge in [0.2, 0.25) is 0 Å². The van der Waals surface area contributed by atoms with E-state index in [1.807, 2.05) is 19.3 Å². The van der Waals surface area contributed by atoms with Crippen molar-refractivity contribution in [2.45, 2.75) is 32.7 Å². The van der Waals surface area contributed by atoms with Crippen LogP contribution < -0.4 is 5.73 Å². The van der Waals surface area contributed by atoms with E-state index in [4.69, 9.17) is 5.73 Å². The summed E-state index contributed by atoms with van der Waals surface area (Å²) in [5.74, 6) is 0. The Bertz CT molecular complexity index is 503. The van der Waals surface area contributed by atoms with Crippen LogP contribution in [0.4, 0.5) is 0 Å². The van der Waals surface area contributed by atoms with Gasteiger partial charge in [0.15, 0.2) is 0 Å². The monoisotopic (exact) mass is 240 g/mol. The highest BCUT2D eigenvalue weighted by Gasteiger charge is 2.06. The van der Waals surface area contributed by atoms with Crippen LogP contribution in [-0.2, 0) is 6.42 Å². The average molecular weight is 240 g/mol. The topological polar surface area (TPSA) is 38.9 Å². The largest absolute Gasteiger partial charge is 0.324 e. The lowest BCUT2D eigenvalue weighted by Gasteiger charge is -2.12. The van der Waals surface area contributed by atoms with E-state index >= 15 is 0 Å². The summed E-state index contributed by atoms with van der Waals surface area (Å²) >= 11 is 0. The van der Waals surface area contributed by atoms with E-state index < -0.39 is 0 Å². The fourth-order valence-corrected chi connectivity index (χ4v) is 2.02. The molecule has 2 nitrogen and oxygen atoms in total. The van der Waals surface area contributed by atoms with Crippen molar-refractivity contribution in [1.29, 1.82) is 0 Å². The molecule has 0 aliphatic carbocycles. The molecule has 2 aromatic rings. The molecule has 2 N–H and O–H groups in total. The second-order valence-corrected chi connectivity index (χ2v) is 4.93. The lowest BCUT2D eigenvalue weighted by molar-refractivity contribution is 0.648. The minimum Gasteiger partial charge on any atom is -0.324 e. The molecule has 0 radical (unpaired) electrons. The van der Waals surface area contributed by atoms with Gasteiger partial charge in [-0.05, 0) is 43.4 Å². The first kappa shape index (κ1) is 12.8. The number of aromatic nitrogens is 1. The normalized spacial score (nSPS) is 12.4. The van der Waals surface area contributed by atoms with Gasteiger partial charge in [0.25, 0.3) is 0 Å². The van der Waals surface area contributed by atoms with Gasteiger partial charge in [-0.15, -0.1) is 0 Å². The first-order valence-electron chi connectivity index (χ1n) is 6.38. The van der Waals surface area contributed by atoms with Crippen LogP contribution in [0, 0.1) is 13.8 Å². The number of nitrogens with two attached hydrogens (primary N) is 1. The molecular weight excluding hydrogens is 220 g/mol. The van der Waals surface area contributed by atoms with E-state index in [0.717, 1.165) is 18.4 Å². The van der Waals surface area contributed by atoms with Gasteiger partial charge in [0.05, 0.1) is 0 Å². The number of nitrogens with zero attached hydrogens (tertiary/aromatic N) is 1. The molecule has 0 saturated heterocycles. The number of aryl methyl sites for hydroxylation is 3. The van der Waals surface area contributed by atoms with E-state index in [0.29, 0.717) is 0 Å². The first-order chi connectivity index (χ1) is 8.65. The summed E-state index contributed by atoms with van der Waals surface area (Å²) in [7, 11) is 0. The predicted molar refractivity (Wildman–Crippen MR) is 75.4 cm³/mol. The van der Waals surface area contributed by atoms with Gasteiger partial charge in [-0.1, -0.05) is 35.9 Å². The van der Waals surface area contributed by atoms with Crippen LogP contribution in [0.5, 0.6) is 0 Å². The van der Waals surface area contributed by atoms with E-state index in [-0.39, 0.29) is 6.04 Å². The zero-order chi connectivity index (χ0) is 13.0. The summed E-state index contributed by atoms with van der Waals surface area (Å²) in [6.45, 7) is 4.15. The molecule has 1 unspecified atom stereocenters. The third-order valence-electron chi connectivity index (χ3n) is 3.19. The Morgan fingerprint density at radius 1 is 1.06 bits per heavy atom. The van der Waals surface area contributed by atoms with Gasteiger partial charge in [-0.3, -0.25) is 4.98 Å². The fourth-order valence-electron chi connectivity index (χ4n) is 2.02. The van der Waals surface area contributed by atoms with Crippen molar-refractivity contribution in [1.82, 2.24) is 4.98 Å². The first-order valence-corrected chi connectivity index (χ1v) is 6.38. The smallest absolute Gasteiger partial charge is 0.0315 e. The van der Waals surface area contributed by atoms with Crippen LogP contribution >= 0.6 is 0 Å². The molecule has 94 valence electrons. The molecule has 0 fully saturated rings. The molecule has 0 saturated carbocycles. The number of rotatable bonds is 4. The van der Waals surface area contributed by atoms with Gasteiger partial charge in [-0.2, -0.15) is 0 Å². The van der Waals surface area contributed by atoms with Crippen molar-refractivity contribution in [3.05, 3.63) is 65.0 Å². The highest BCUT2D eigenvalue weighted by atomic mass is 14.7. The van der Waals surface area contributed by atoms with Crippen LogP contribution in [0.2, 0.25) is 0 Å². The van der Waals surface area contributed by atoms with E-state index in [1.54, 1.807) is 0 Å². The maximum Gasteiger partial charge on any atom is 0.0315 e. The molecule has 18 heavy (non-hydrogen) atoms. The van der Waals surface area contributed by atoms with Crippen LogP contribution in [0.15, 0.2) is 42.7 Å².